The van der Waals surface area contributed by atoms with Crippen LogP contribution in [0.4, 0.5) is 5.82 Å². The number of ether oxygens (including phenoxy) is 1. The van der Waals surface area contributed by atoms with Gasteiger partial charge in [-0.25, -0.2) is 8.42 Å². The van der Waals surface area contributed by atoms with Crippen LogP contribution in [-0.2, 0) is 10.0 Å². The third-order valence-corrected chi connectivity index (χ3v) is 4.99. The predicted molar refractivity (Wildman–Crippen MR) is 92.6 cm³/mol. The van der Waals surface area contributed by atoms with E-state index >= 15 is 0 Å². The van der Waals surface area contributed by atoms with Crippen LogP contribution in [0.25, 0.3) is 11.3 Å². The van der Waals surface area contributed by atoms with E-state index in [0.29, 0.717) is 5.75 Å². The van der Waals surface area contributed by atoms with Crippen molar-refractivity contribution in [3.63, 3.8) is 0 Å². The number of sulfonamides is 1. The van der Waals surface area contributed by atoms with Crippen LogP contribution in [0.15, 0.2) is 59.5 Å². The fourth-order valence-corrected chi connectivity index (χ4v) is 3.33. The van der Waals surface area contributed by atoms with E-state index in [1.54, 1.807) is 18.2 Å². The molecule has 0 saturated carbocycles. The first-order valence-electron chi connectivity index (χ1n) is 7.28. The first-order valence-corrected chi connectivity index (χ1v) is 8.76. The maximum atomic E-state index is 12.4. The van der Waals surface area contributed by atoms with Crippen LogP contribution in [0, 0.1) is 6.92 Å². The van der Waals surface area contributed by atoms with Crippen LogP contribution in [-0.4, -0.2) is 25.7 Å². The minimum atomic E-state index is -3.71. The summed E-state index contributed by atoms with van der Waals surface area (Å²) in [6.45, 7) is 1.98. The average molecular weight is 343 g/mol. The molecule has 124 valence electrons. The Morgan fingerprint density at radius 3 is 2.46 bits per heavy atom. The molecule has 0 radical (unpaired) electrons. The lowest BCUT2D eigenvalue weighted by atomic mass is 10.1. The van der Waals surface area contributed by atoms with Crippen molar-refractivity contribution in [1.82, 2.24) is 10.2 Å². The van der Waals surface area contributed by atoms with Gasteiger partial charge >= 0.3 is 0 Å². The fraction of sp³-hybridized carbons (Fsp3) is 0.118. The van der Waals surface area contributed by atoms with Gasteiger partial charge in [-0.15, -0.1) is 0 Å². The smallest absolute Gasteiger partial charge is 0.263 e. The summed E-state index contributed by atoms with van der Waals surface area (Å²) in [6, 6.07) is 15.6. The average Bonchev–Trinajstić information content (AvgIpc) is 3.03. The number of aryl methyl sites for hydroxylation is 1. The van der Waals surface area contributed by atoms with Crippen molar-refractivity contribution in [2.75, 3.05) is 11.8 Å². The van der Waals surface area contributed by atoms with Crippen molar-refractivity contribution in [1.29, 1.82) is 0 Å². The third-order valence-electron chi connectivity index (χ3n) is 3.62. The number of aromatic amines is 1. The van der Waals surface area contributed by atoms with Gasteiger partial charge in [0.25, 0.3) is 10.0 Å². The quantitative estimate of drug-likeness (QED) is 0.745. The Labute approximate surface area is 140 Å². The largest absolute Gasteiger partial charge is 0.497 e. The second-order valence-electron chi connectivity index (χ2n) is 5.26. The van der Waals surface area contributed by atoms with Crippen LogP contribution < -0.4 is 9.46 Å². The molecule has 0 spiro atoms. The first kappa shape index (κ1) is 16.1. The van der Waals surface area contributed by atoms with Crippen molar-refractivity contribution in [2.24, 2.45) is 0 Å². The van der Waals surface area contributed by atoms with E-state index < -0.39 is 10.0 Å². The minimum Gasteiger partial charge on any atom is -0.497 e. The molecule has 0 aliphatic rings. The summed E-state index contributed by atoms with van der Waals surface area (Å²) < 4.78 is 32.3. The molecule has 0 aliphatic heterocycles. The summed E-state index contributed by atoms with van der Waals surface area (Å²) in [7, 11) is -2.18. The number of methoxy groups -OCH3 is 1. The van der Waals surface area contributed by atoms with Crippen LogP contribution in [0.3, 0.4) is 0 Å². The molecule has 0 atom stereocenters. The number of benzene rings is 2. The van der Waals surface area contributed by atoms with Gasteiger partial charge in [0.1, 0.15) is 5.75 Å². The molecule has 3 aromatic rings. The second kappa shape index (κ2) is 6.37. The molecule has 0 aliphatic carbocycles. The molecule has 2 N–H and O–H groups in total. The highest BCUT2D eigenvalue weighted by molar-refractivity contribution is 7.92. The molecule has 7 heteroatoms. The molecule has 0 unspecified atom stereocenters. The molecular weight excluding hydrogens is 326 g/mol. The Balaban J connectivity index is 1.84. The number of anilines is 1. The summed E-state index contributed by atoms with van der Waals surface area (Å²) >= 11 is 0. The Morgan fingerprint density at radius 2 is 1.79 bits per heavy atom. The van der Waals surface area contributed by atoms with Crippen molar-refractivity contribution in [3.8, 4) is 17.0 Å². The molecule has 0 fully saturated rings. The van der Waals surface area contributed by atoms with Gasteiger partial charge in [0.2, 0.25) is 0 Å². The van der Waals surface area contributed by atoms with Gasteiger partial charge in [-0.1, -0.05) is 24.3 Å². The Kier molecular flexibility index (Phi) is 4.26. The van der Waals surface area contributed by atoms with Crippen LogP contribution in [0.5, 0.6) is 5.75 Å². The first-order chi connectivity index (χ1) is 11.5. The van der Waals surface area contributed by atoms with Crippen molar-refractivity contribution in [2.45, 2.75) is 11.8 Å². The van der Waals surface area contributed by atoms with Crippen molar-refractivity contribution < 1.29 is 13.2 Å². The van der Waals surface area contributed by atoms with Gasteiger partial charge in [-0.3, -0.25) is 9.82 Å². The highest BCUT2D eigenvalue weighted by Gasteiger charge is 2.16. The lowest BCUT2D eigenvalue weighted by Gasteiger charge is -2.06. The topological polar surface area (TPSA) is 84.1 Å². The van der Waals surface area contributed by atoms with E-state index in [4.69, 9.17) is 4.74 Å². The van der Waals surface area contributed by atoms with E-state index in [1.807, 2.05) is 31.2 Å². The number of aromatic nitrogens is 2. The van der Waals surface area contributed by atoms with Gasteiger partial charge in [-0.05, 0) is 36.8 Å². The van der Waals surface area contributed by atoms with E-state index in [-0.39, 0.29) is 10.7 Å². The number of nitrogens with zero attached hydrogens (tertiary/aromatic N) is 1. The van der Waals surface area contributed by atoms with Gasteiger partial charge in [0.15, 0.2) is 5.82 Å². The second-order valence-corrected chi connectivity index (χ2v) is 6.95. The highest BCUT2D eigenvalue weighted by atomic mass is 32.2. The summed E-state index contributed by atoms with van der Waals surface area (Å²) in [5.41, 5.74) is 2.80. The summed E-state index contributed by atoms with van der Waals surface area (Å²) in [4.78, 5) is 0.142. The molecule has 6 nitrogen and oxygen atoms in total. The molecule has 0 amide bonds. The number of hydrogen-bond donors (Lipinski definition) is 2. The molecule has 2 aromatic carbocycles. The fourth-order valence-electron chi connectivity index (χ4n) is 2.34. The molecule has 3 rings (SSSR count). The monoisotopic (exact) mass is 343 g/mol. The van der Waals surface area contributed by atoms with Crippen LogP contribution in [0.2, 0.25) is 0 Å². The molecule has 0 bridgehead atoms. The third kappa shape index (κ3) is 3.26. The lowest BCUT2D eigenvalue weighted by Crippen LogP contribution is -2.13. The van der Waals surface area contributed by atoms with Gasteiger partial charge in [-0.2, -0.15) is 5.10 Å². The normalized spacial score (nSPS) is 11.2. The Morgan fingerprint density at radius 1 is 1.08 bits per heavy atom. The number of H-pyrrole nitrogens is 1. The Bertz CT molecular complexity index is 947. The molecular formula is C17H17N3O3S. The molecule has 1 aromatic heterocycles. The van der Waals surface area contributed by atoms with Crippen LogP contribution >= 0.6 is 0 Å². The molecule has 24 heavy (non-hydrogen) atoms. The van der Waals surface area contributed by atoms with Gasteiger partial charge < -0.3 is 4.74 Å². The number of nitrogens with one attached hydrogen (secondary N) is 2. The zero-order valence-corrected chi connectivity index (χ0v) is 14.1. The standard InChI is InChI=1S/C17H17N3O3S/c1-12-5-3-4-6-15(12)16-11-17(19-18-16)20-24(21,22)14-9-7-13(23-2)8-10-14/h3-11H,1-2H3,(H2,18,19,20). The highest BCUT2D eigenvalue weighted by Crippen LogP contribution is 2.24. The summed E-state index contributed by atoms with van der Waals surface area (Å²) in [6.07, 6.45) is 0. The number of hydrogen-bond acceptors (Lipinski definition) is 4. The lowest BCUT2D eigenvalue weighted by molar-refractivity contribution is 0.414. The zero-order valence-electron chi connectivity index (χ0n) is 13.3. The summed E-state index contributed by atoms with van der Waals surface area (Å²) in [5, 5.41) is 6.90. The predicted octanol–water partition coefficient (Wildman–Crippen LogP) is 3.19. The molecule has 0 saturated heterocycles. The van der Waals surface area contributed by atoms with E-state index in [1.165, 1.54) is 19.2 Å². The van der Waals surface area contributed by atoms with Crippen LogP contribution in [0.1, 0.15) is 5.56 Å². The number of rotatable bonds is 5. The Hall–Kier alpha value is -2.80. The summed E-state index contributed by atoms with van der Waals surface area (Å²) in [5.74, 6) is 0.833. The zero-order chi connectivity index (χ0) is 17.2. The van der Waals surface area contributed by atoms with Crippen molar-refractivity contribution >= 4 is 15.8 Å². The van der Waals surface area contributed by atoms with E-state index in [9.17, 15) is 8.42 Å². The SMILES string of the molecule is COc1ccc(S(=O)(=O)Nc2cc(-c3ccccc3C)[nH]n2)cc1. The van der Waals surface area contributed by atoms with E-state index in [2.05, 4.69) is 14.9 Å². The van der Waals surface area contributed by atoms with Gasteiger partial charge in [0, 0.05) is 11.6 Å². The maximum absolute atomic E-state index is 12.4. The minimum absolute atomic E-state index is 0.142. The van der Waals surface area contributed by atoms with Crippen molar-refractivity contribution in [3.05, 3.63) is 60.2 Å². The molecule has 1 heterocycles. The maximum Gasteiger partial charge on any atom is 0.263 e. The van der Waals surface area contributed by atoms with Gasteiger partial charge in [0.05, 0.1) is 17.7 Å². The van der Waals surface area contributed by atoms with E-state index in [0.717, 1.165) is 16.8 Å².